The van der Waals surface area contributed by atoms with E-state index in [0.29, 0.717) is 17.2 Å². The van der Waals surface area contributed by atoms with Gasteiger partial charge in [-0.3, -0.25) is 0 Å². The second-order valence-electron chi connectivity index (χ2n) is 5.02. The molecule has 1 aliphatic heterocycles. The van der Waals surface area contributed by atoms with Gasteiger partial charge in [-0.05, 0) is 35.9 Å². The quantitative estimate of drug-likeness (QED) is 0.911. The fourth-order valence-electron chi connectivity index (χ4n) is 2.56. The van der Waals surface area contributed by atoms with Crippen LogP contribution in [0.5, 0.6) is 11.5 Å². The Morgan fingerprint density at radius 1 is 1.29 bits per heavy atom. The highest BCUT2D eigenvalue weighted by molar-refractivity contribution is 6.30. The SMILES string of the molecule is COc1ccc(C2C[C@@H](N)c3cc(Cl)ccc3O2)cc1F. The first-order valence-electron chi connectivity index (χ1n) is 6.63. The molecule has 1 aliphatic rings. The number of rotatable bonds is 2. The summed E-state index contributed by atoms with van der Waals surface area (Å²) in [5, 5.41) is 0.627. The van der Waals surface area contributed by atoms with Crippen molar-refractivity contribution in [3.63, 3.8) is 0 Å². The molecule has 0 amide bonds. The van der Waals surface area contributed by atoms with E-state index in [9.17, 15) is 4.39 Å². The molecule has 2 aromatic rings. The molecule has 110 valence electrons. The summed E-state index contributed by atoms with van der Waals surface area (Å²) >= 11 is 5.97. The van der Waals surface area contributed by atoms with Gasteiger partial charge in [0.05, 0.1) is 7.11 Å². The number of fused-ring (bicyclic) bond motifs is 1. The molecular weight excluding hydrogens is 293 g/mol. The summed E-state index contributed by atoms with van der Waals surface area (Å²) in [7, 11) is 1.44. The second kappa shape index (κ2) is 5.54. The van der Waals surface area contributed by atoms with E-state index in [1.54, 1.807) is 24.3 Å². The molecular formula is C16H15ClFNO2. The zero-order valence-corrected chi connectivity index (χ0v) is 12.2. The number of halogens is 2. The summed E-state index contributed by atoms with van der Waals surface area (Å²) < 4.78 is 24.7. The summed E-state index contributed by atoms with van der Waals surface area (Å²) in [5.41, 5.74) is 7.80. The molecule has 0 radical (unpaired) electrons. The lowest BCUT2D eigenvalue weighted by atomic mass is 9.93. The van der Waals surface area contributed by atoms with Crippen LogP contribution >= 0.6 is 11.6 Å². The van der Waals surface area contributed by atoms with Crippen LogP contribution in [-0.4, -0.2) is 7.11 Å². The third-order valence-electron chi connectivity index (χ3n) is 3.66. The third-order valence-corrected chi connectivity index (χ3v) is 3.89. The molecule has 2 atom stereocenters. The first-order chi connectivity index (χ1) is 10.1. The number of benzene rings is 2. The zero-order valence-electron chi connectivity index (χ0n) is 11.5. The van der Waals surface area contributed by atoms with Gasteiger partial charge in [-0.25, -0.2) is 4.39 Å². The van der Waals surface area contributed by atoms with Gasteiger partial charge in [-0.2, -0.15) is 0 Å². The van der Waals surface area contributed by atoms with Gasteiger partial charge in [-0.15, -0.1) is 0 Å². The predicted octanol–water partition coefficient (Wildman–Crippen LogP) is 4.01. The van der Waals surface area contributed by atoms with E-state index >= 15 is 0 Å². The molecule has 1 heterocycles. The highest BCUT2D eigenvalue weighted by atomic mass is 35.5. The van der Waals surface area contributed by atoms with Crippen molar-refractivity contribution in [1.82, 2.24) is 0 Å². The third kappa shape index (κ3) is 2.69. The van der Waals surface area contributed by atoms with Gasteiger partial charge >= 0.3 is 0 Å². The monoisotopic (exact) mass is 307 g/mol. The highest BCUT2D eigenvalue weighted by Crippen LogP contribution is 2.41. The van der Waals surface area contributed by atoms with E-state index in [2.05, 4.69) is 0 Å². The number of ether oxygens (including phenoxy) is 2. The van der Waals surface area contributed by atoms with E-state index in [-0.39, 0.29) is 17.9 Å². The minimum atomic E-state index is -0.408. The van der Waals surface area contributed by atoms with Crippen LogP contribution in [0.1, 0.15) is 29.7 Å². The van der Waals surface area contributed by atoms with Crippen molar-refractivity contribution < 1.29 is 13.9 Å². The molecule has 0 aromatic heterocycles. The molecule has 3 rings (SSSR count). The maximum absolute atomic E-state index is 13.8. The molecule has 5 heteroatoms. The Morgan fingerprint density at radius 3 is 2.81 bits per heavy atom. The second-order valence-corrected chi connectivity index (χ2v) is 5.46. The Morgan fingerprint density at radius 2 is 2.10 bits per heavy atom. The van der Waals surface area contributed by atoms with Crippen LogP contribution in [0, 0.1) is 5.82 Å². The Balaban J connectivity index is 1.92. The smallest absolute Gasteiger partial charge is 0.165 e. The fourth-order valence-corrected chi connectivity index (χ4v) is 2.74. The van der Waals surface area contributed by atoms with E-state index in [0.717, 1.165) is 11.1 Å². The predicted molar refractivity (Wildman–Crippen MR) is 79.3 cm³/mol. The Bertz CT molecular complexity index is 677. The molecule has 1 unspecified atom stereocenters. The molecule has 0 aliphatic carbocycles. The normalized spacial score (nSPS) is 20.6. The van der Waals surface area contributed by atoms with Gasteiger partial charge in [0.1, 0.15) is 11.9 Å². The average Bonchev–Trinajstić information content (AvgIpc) is 2.47. The Hall–Kier alpha value is -1.78. The van der Waals surface area contributed by atoms with E-state index < -0.39 is 5.82 Å². The maximum Gasteiger partial charge on any atom is 0.165 e. The van der Waals surface area contributed by atoms with Crippen molar-refractivity contribution in [1.29, 1.82) is 0 Å². The van der Waals surface area contributed by atoms with Crippen molar-refractivity contribution in [2.75, 3.05) is 7.11 Å². The first kappa shape index (κ1) is 14.2. The molecule has 0 saturated heterocycles. The fraction of sp³-hybridized carbons (Fsp3) is 0.250. The number of hydrogen-bond acceptors (Lipinski definition) is 3. The van der Waals surface area contributed by atoms with Gasteiger partial charge in [-0.1, -0.05) is 17.7 Å². The van der Waals surface area contributed by atoms with Crippen LogP contribution in [0.4, 0.5) is 4.39 Å². The molecule has 2 aromatic carbocycles. The highest BCUT2D eigenvalue weighted by Gasteiger charge is 2.27. The zero-order chi connectivity index (χ0) is 15.0. The number of hydrogen-bond donors (Lipinski definition) is 1. The molecule has 21 heavy (non-hydrogen) atoms. The largest absolute Gasteiger partial charge is 0.494 e. The van der Waals surface area contributed by atoms with Gasteiger partial charge in [0, 0.05) is 23.0 Å². The molecule has 0 bridgehead atoms. The van der Waals surface area contributed by atoms with Crippen molar-refractivity contribution in [3.8, 4) is 11.5 Å². The lowest BCUT2D eigenvalue weighted by Crippen LogP contribution is -2.24. The van der Waals surface area contributed by atoms with Crippen LogP contribution in [0.25, 0.3) is 0 Å². The lowest BCUT2D eigenvalue weighted by Gasteiger charge is -2.30. The van der Waals surface area contributed by atoms with Gasteiger partial charge < -0.3 is 15.2 Å². The van der Waals surface area contributed by atoms with Crippen LogP contribution in [0.15, 0.2) is 36.4 Å². The topological polar surface area (TPSA) is 44.5 Å². The van der Waals surface area contributed by atoms with E-state index in [1.165, 1.54) is 13.2 Å². The average molecular weight is 308 g/mol. The van der Waals surface area contributed by atoms with Gasteiger partial charge in [0.2, 0.25) is 0 Å². The summed E-state index contributed by atoms with van der Waals surface area (Å²) in [6.07, 6.45) is 0.285. The lowest BCUT2D eigenvalue weighted by molar-refractivity contribution is 0.161. The standard InChI is InChI=1S/C16H15ClFNO2/c1-20-15-4-2-9(6-12(15)18)16-8-13(19)11-7-10(17)3-5-14(11)21-16/h2-7,13,16H,8,19H2,1H3/t13-,16?/m1/s1. The van der Waals surface area contributed by atoms with E-state index in [4.69, 9.17) is 26.8 Å². The van der Waals surface area contributed by atoms with Gasteiger partial charge in [0.15, 0.2) is 11.6 Å². The maximum atomic E-state index is 13.8. The number of nitrogens with two attached hydrogens (primary N) is 1. The molecule has 0 spiro atoms. The van der Waals surface area contributed by atoms with Crippen LogP contribution < -0.4 is 15.2 Å². The summed E-state index contributed by atoms with van der Waals surface area (Å²) in [5.74, 6) is 0.500. The van der Waals surface area contributed by atoms with Crippen LogP contribution in [-0.2, 0) is 0 Å². The Labute approximate surface area is 127 Å². The molecule has 0 saturated carbocycles. The van der Waals surface area contributed by atoms with Crippen molar-refractivity contribution >= 4 is 11.6 Å². The Kier molecular flexibility index (Phi) is 3.74. The van der Waals surface area contributed by atoms with E-state index in [1.807, 2.05) is 6.07 Å². The minimum absolute atomic E-state index is 0.192. The summed E-state index contributed by atoms with van der Waals surface area (Å²) in [6.45, 7) is 0. The summed E-state index contributed by atoms with van der Waals surface area (Å²) in [4.78, 5) is 0. The van der Waals surface area contributed by atoms with Crippen LogP contribution in [0.3, 0.4) is 0 Å². The van der Waals surface area contributed by atoms with Crippen LogP contribution in [0.2, 0.25) is 5.02 Å². The van der Waals surface area contributed by atoms with Gasteiger partial charge in [0.25, 0.3) is 0 Å². The number of methoxy groups -OCH3 is 1. The summed E-state index contributed by atoms with van der Waals surface area (Å²) in [6, 6.07) is 9.98. The molecule has 3 nitrogen and oxygen atoms in total. The van der Waals surface area contributed by atoms with Crippen molar-refractivity contribution in [2.24, 2.45) is 5.73 Å². The van der Waals surface area contributed by atoms with Crippen molar-refractivity contribution in [2.45, 2.75) is 18.6 Å². The molecule has 2 N–H and O–H groups in total. The minimum Gasteiger partial charge on any atom is -0.494 e. The first-order valence-corrected chi connectivity index (χ1v) is 7.01. The van der Waals surface area contributed by atoms with Crippen molar-refractivity contribution in [3.05, 3.63) is 58.4 Å². The molecule has 0 fully saturated rings.